The maximum atomic E-state index is 13.0. The largest absolute Gasteiger partial charge is 0.351 e. The third-order valence-electron chi connectivity index (χ3n) is 3.63. The van der Waals surface area contributed by atoms with E-state index in [-0.39, 0.29) is 22.3 Å². The van der Waals surface area contributed by atoms with Crippen molar-refractivity contribution in [3.63, 3.8) is 0 Å². The second-order valence-corrected chi connectivity index (χ2v) is 9.21. The average Bonchev–Trinajstić information content (AvgIpc) is 3.03. The van der Waals surface area contributed by atoms with Crippen molar-refractivity contribution in [2.24, 2.45) is 0 Å². The number of hydrogen-bond donors (Lipinski definition) is 1. The van der Waals surface area contributed by atoms with Crippen molar-refractivity contribution >= 4 is 39.2 Å². The van der Waals surface area contributed by atoms with Crippen LogP contribution in [0.2, 0.25) is 0 Å². The van der Waals surface area contributed by atoms with E-state index < -0.39 is 0 Å². The molecule has 2 aromatic heterocycles. The van der Waals surface area contributed by atoms with Crippen LogP contribution in [-0.2, 0) is 4.79 Å². The van der Waals surface area contributed by atoms with Crippen LogP contribution in [0.5, 0.6) is 0 Å². The Morgan fingerprint density at radius 2 is 1.92 bits per heavy atom. The second-order valence-electron chi connectivity index (χ2n) is 7.01. The molecule has 26 heavy (non-hydrogen) atoms. The van der Waals surface area contributed by atoms with Crippen LogP contribution in [0.15, 0.2) is 51.7 Å². The summed E-state index contributed by atoms with van der Waals surface area (Å²) in [7, 11) is 0. The first-order valence-corrected chi connectivity index (χ1v) is 10.1. The first-order chi connectivity index (χ1) is 12.3. The van der Waals surface area contributed by atoms with Gasteiger partial charge in [-0.15, -0.1) is 11.3 Å². The number of nitrogens with zero attached hydrogens (tertiary/aromatic N) is 2. The molecular formula is C19H21N3O2S2. The monoisotopic (exact) mass is 387 g/mol. The van der Waals surface area contributed by atoms with Crippen molar-refractivity contribution < 1.29 is 4.79 Å². The fourth-order valence-electron chi connectivity index (χ4n) is 2.46. The molecule has 3 aromatic rings. The molecule has 2 heterocycles. The maximum Gasteiger partial charge on any atom is 0.267 e. The Labute approximate surface area is 160 Å². The van der Waals surface area contributed by atoms with Crippen molar-refractivity contribution in [3.05, 3.63) is 52.1 Å². The van der Waals surface area contributed by atoms with Crippen molar-refractivity contribution in [3.8, 4) is 5.69 Å². The van der Waals surface area contributed by atoms with Gasteiger partial charge >= 0.3 is 0 Å². The van der Waals surface area contributed by atoms with Crippen LogP contribution in [0, 0.1) is 0 Å². The van der Waals surface area contributed by atoms with Crippen molar-refractivity contribution in [1.82, 2.24) is 14.9 Å². The Balaban J connectivity index is 2.05. The summed E-state index contributed by atoms with van der Waals surface area (Å²) in [6.07, 6.45) is 0. The summed E-state index contributed by atoms with van der Waals surface area (Å²) in [5, 5.41) is 5.57. The van der Waals surface area contributed by atoms with Crippen LogP contribution in [0.1, 0.15) is 27.7 Å². The van der Waals surface area contributed by atoms with Crippen LogP contribution in [0.4, 0.5) is 0 Å². The lowest BCUT2D eigenvalue weighted by molar-refractivity contribution is -0.121. The number of nitrogens with one attached hydrogen (secondary N) is 1. The zero-order chi connectivity index (χ0) is 18.9. The van der Waals surface area contributed by atoms with Crippen molar-refractivity contribution in [2.75, 3.05) is 0 Å². The molecule has 1 N–H and O–H groups in total. The van der Waals surface area contributed by atoms with E-state index in [1.165, 1.54) is 23.1 Å². The van der Waals surface area contributed by atoms with Gasteiger partial charge in [0.15, 0.2) is 5.16 Å². The van der Waals surface area contributed by atoms with E-state index >= 15 is 0 Å². The third kappa shape index (κ3) is 3.99. The van der Waals surface area contributed by atoms with Gasteiger partial charge in [-0.05, 0) is 51.3 Å². The number of aromatic nitrogens is 2. The minimum Gasteiger partial charge on any atom is -0.351 e. The van der Waals surface area contributed by atoms with Crippen LogP contribution < -0.4 is 10.9 Å². The quantitative estimate of drug-likeness (QED) is 0.546. The summed E-state index contributed by atoms with van der Waals surface area (Å²) in [5.74, 6) is -0.0809. The summed E-state index contributed by atoms with van der Waals surface area (Å²) < 4.78 is 1.58. The van der Waals surface area contributed by atoms with E-state index in [1.54, 1.807) is 10.6 Å². The van der Waals surface area contributed by atoms with Crippen molar-refractivity contribution in [2.45, 2.75) is 43.6 Å². The Hall–Kier alpha value is -2.12. The molecule has 1 atom stereocenters. The molecule has 0 aliphatic heterocycles. The minimum atomic E-state index is -0.381. The highest BCUT2D eigenvalue weighted by Gasteiger charge is 2.23. The second kappa shape index (κ2) is 7.25. The van der Waals surface area contributed by atoms with Gasteiger partial charge in [-0.25, -0.2) is 4.98 Å². The van der Waals surface area contributed by atoms with Gasteiger partial charge in [-0.3, -0.25) is 14.2 Å². The highest BCUT2D eigenvalue weighted by Crippen LogP contribution is 2.27. The van der Waals surface area contributed by atoms with E-state index in [0.717, 1.165) is 5.69 Å². The van der Waals surface area contributed by atoms with Crippen molar-refractivity contribution in [1.29, 1.82) is 0 Å². The molecule has 1 aromatic carbocycles. The normalized spacial score (nSPS) is 12.9. The van der Waals surface area contributed by atoms with Crippen LogP contribution in [0.3, 0.4) is 0 Å². The maximum absolute atomic E-state index is 13.0. The number of amides is 1. The molecule has 0 aliphatic carbocycles. The highest BCUT2D eigenvalue weighted by molar-refractivity contribution is 8.00. The fraction of sp³-hybridized carbons (Fsp3) is 0.316. The molecular weight excluding hydrogens is 366 g/mol. The van der Waals surface area contributed by atoms with E-state index in [9.17, 15) is 9.59 Å². The van der Waals surface area contributed by atoms with Gasteiger partial charge in [0.05, 0.1) is 16.3 Å². The molecule has 0 fully saturated rings. The summed E-state index contributed by atoms with van der Waals surface area (Å²) in [5.41, 5.74) is 0.313. The Morgan fingerprint density at radius 3 is 2.58 bits per heavy atom. The summed E-state index contributed by atoms with van der Waals surface area (Å²) in [6.45, 7) is 7.65. The predicted octanol–water partition coefficient (Wildman–Crippen LogP) is 3.84. The van der Waals surface area contributed by atoms with Gasteiger partial charge in [0.25, 0.3) is 5.56 Å². The van der Waals surface area contributed by atoms with Crippen LogP contribution >= 0.6 is 23.1 Å². The van der Waals surface area contributed by atoms with Gasteiger partial charge in [0, 0.05) is 5.54 Å². The average molecular weight is 388 g/mol. The molecule has 0 radical (unpaired) electrons. The minimum absolute atomic E-state index is 0.0809. The van der Waals surface area contributed by atoms with E-state index in [0.29, 0.717) is 15.4 Å². The van der Waals surface area contributed by atoms with Crippen LogP contribution in [0.25, 0.3) is 15.9 Å². The Morgan fingerprint density at radius 1 is 1.23 bits per heavy atom. The number of fused-ring (bicyclic) bond motifs is 1. The van der Waals surface area contributed by atoms with Gasteiger partial charge in [-0.2, -0.15) is 0 Å². The first-order valence-electron chi connectivity index (χ1n) is 8.30. The summed E-state index contributed by atoms with van der Waals surface area (Å²) in [6, 6.07) is 11.2. The number of para-hydroxylation sites is 1. The van der Waals surface area contributed by atoms with E-state index in [1.807, 2.05) is 63.4 Å². The summed E-state index contributed by atoms with van der Waals surface area (Å²) in [4.78, 5) is 30.8. The molecule has 0 saturated carbocycles. The standard InChI is InChI=1S/C19H21N3O2S2/c1-12(15(23)21-19(2,3)4)26-18-20-16-14(10-11-25-16)17(24)22(18)13-8-6-5-7-9-13/h5-12H,1-4H3,(H,21,23)/t12-/m1/s1. The number of carbonyl (C=O) groups is 1. The molecule has 0 aliphatic rings. The molecule has 0 bridgehead atoms. The molecule has 5 nitrogen and oxygen atoms in total. The molecule has 7 heteroatoms. The zero-order valence-electron chi connectivity index (χ0n) is 15.1. The fourth-order valence-corrected chi connectivity index (χ4v) is 4.19. The number of thiophene rings is 1. The zero-order valence-corrected chi connectivity index (χ0v) is 16.8. The third-order valence-corrected chi connectivity index (χ3v) is 5.49. The smallest absolute Gasteiger partial charge is 0.267 e. The van der Waals surface area contributed by atoms with Gasteiger partial charge in [-0.1, -0.05) is 30.0 Å². The van der Waals surface area contributed by atoms with Crippen LogP contribution in [-0.4, -0.2) is 26.2 Å². The number of benzene rings is 1. The number of hydrogen-bond acceptors (Lipinski definition) is 5. The molecule has 136 valence electrons. The SMILES string of the molecule is C[C@@H](Sc1nc2sccc2c(=O)n1-c1ccccc1)C(=O)NC(C)(C)C. The number of carbonyl (C=O) groups excluding carboxylic acids is 1. The van der Waals surface area contributed by atoms with E-state index in [4.69, 9.17) is 0 Å². The highest BCUT2D eigenvalue weighted by atomic mass is 32.2. The molecule has 0 unspecified atom stereocenters. The predicted molar refractivity (Wildman–Crippen MR) is 108 cm³/mol. The lowest BCUT2D eigenvalue weighted by Crippen LogP contribution is -2.44. The first kappa shape index (κ1) is 18.7. The van der Waals surface area contributed by atoms with Gasteiger partial charge in [0.2, 0.25) is 5.91 Å². The number of rotatable bonds is 4. The summed E-state index contributed by atoms with van der Waals surface area (Å²) >= 11 is 2.72. The lowest BCUT2D eigenvalue weighted by atomic mass is 10.1. The molecule has 0 saturated heterocycles. The van der Waals surface area contributed by atoms with E-state index in [2.05, 4.69) is 10.3 Å². The van der Waals surface area contributed by atoms with Gasteiger partial charge in [0.1, 0.15) is 4.83 Å². The lowest BCUT2D eigenvalue weighted by Gasteiger charge is -2.23. The Bertz CT molecular complexity index is 987. The molecule has 3 rings (SSSR count). The molecule has 0 spiro atoms. The molecule has 1 amide bonds. The Kier molecular flexibility index (Phi) is 5.20. The van der Waals surface area contributed by atoms with Gasteiger partial charge < -0.3 is 5.32 Å². The topological polar surface area (TPSA) is 64.0 Å². The number of thioether (sulfide) groups is 1.